The molecule has 0 aliphatic carbocycles. The van der Waals surface area contributed by atoms with Crippen LogP contribution >= 0.6 is 0 Å². The van der Waals surface area contributed by atoms with Crippen LogP contribution in [0.3, 0.4) is 0 Å². The average molecular weight is 351 g/mol. The molecule has 0 atom stereocenters. The zero-order valence-corrected chi connectivity index (χ0v) is 14.3. The van der Waals surface area contributed by atoms with E-state index in [-0.39, 0.29) is 18.0 Å². The summed E-state index contributed by atoms with van der Waals surface area (Å²) in [6.45, 7) is -0.275. The lowest BCUT2D eigenvalue weighted by atomic mass is 10.2. The summed E-state index contributed by atoms with van der Waals surface area (Å²) in [5.41, 5.74) is 1.01. The minimum atomic E-state index is -0.439. The number of nitrogens with one attached hydrogen (secondary N) is 1. The molecule has 0 aliphatic heterocycles. The highest BCUT2D eigenvalue weighted by Gasteiger charge is 2.12. The molecule has 8 nitrogen and oxygen atoms in total. The summed E-state index contributed by atoms with van der Waals surface area (Å²) in [5, 5.41) is 10.8. The van der Waals surface area contributed by atoms with Crippen molar-refractivity contribution in [2.75, 3.05) is 19.4 Å². The molecule has 2 aromatic carbocycles. The van der Waals surface area contributed by atoms with Crippen molar-refractivity contribution in [2.24, 2.45) is 0 Å². The highest BCUT2D eigenvalue weighted by molar-refractivity contribution is 5.97. The summed E-state index contributed by atoms with van der Waals surface area (Å²) >= 11 is 0. The number of carbonyl (C=O) groups excluding carboxylic acids is 2. The first-order valence-corrected chi connectivity index (χ1v) is 7.90. The van der Waals surface area contributed by atoms with Crippen molar-refractivity contribution in [1.82, 2.24) is 19.9 Å². The highest BCUT2D eigenvalue weighted by Crippen LogP contribution is 2.12. The van der Waals surface area contributed by atoms with E-state index in [0.717, 1.165) is 4.68 Å². The molecule has 1 heterocycles. The van der Waals surface area contributed by atoms with Crippen LogP contribution in [-0.4, -0.2) is 45.8 Å². The van der Waals surface area contributed by atoms with E-state index in [1.54, 1.807) is 62.6 Å². The molecule has 0 spiro atoms. The summed E-state index contributed by atoms with van der Waals surface area (Å²) in [6, 6.07) is 13.4. The molecule has 26 heavy (non-hydrogen) atoms. The summed E-state index contributed by atoms with van der Waals surface area (Å²) < 4.78 is 1.01. The maximum absolute atomic E-state index is 12.4. The third kappa shape index (κ3) is 3.59. The second-order valence-corrected chi connectivity index (χ2v) is 5.90. The summed E-state index contributed by atoms with van der Waals surface area (Å²) in [7, 11) is 3.30. The molecular formula is C18H17N5O3. The van der Waals surface area contributed by atoms with Crippen LogP contribution in [0.2, 0.25) is 0 Å². The van der Waals surface area contributed by atoms with Crippen molar-refractivity contribution in [1.29, 1.82) is 0 Å². The zero-order chi connectivity index (χ0) is 18.7. The van der Waals surface area contributed by atoms with E-state index >= 15 is 0 Å². The van der Waals surface area contributed by atoms with E-state index in [2.05, 4.69) is 15.6 Å². The zero-order valence-electron chi connectivity index (χ0n) is 14.3. The number of amides is 2. The van der Waals surface area contributed by atoms with Gasteiger partial charge in [-0.2, -0.15) is 0 Å². The van der Waals surface area contributed by atoms with Crippen LogP contribution in [0.4, 0.5) is 5.69 Å². The van der Waals surface area contributed by atoms with Gasteiger partial charge in [-0.25, -0.2) is 4.68 Å². The molecule has 0 bridgehead atoms. The maximum atomic E-state index is 12.4. The Morgan fingerprint density at radius 3 is 2.65 bits per heavy atom. The maximum Gasteiger partial charge on any atom is 0.278 e. The molecule has 0 saturated carbocycles. The molecule has 2 amide bonds. The van der Waals surface area contributed by atoms with Crippen LogP contribution in [-0.2, 0) is 11.3 Å². The number of hydrogen-bond acceptors (Lipinski definition) is 5. The number of aromatic nitrogens is 3. The molecule has 3 rings (SSSR count). The van der Waals surface area contributed by atoms with Gasteiger partial charge in [0.05, 0.1) is 5.39 Å². The predicted molar refractivity (Wildman–Crippen MR) is 96.9 cm³/mol. The Hall–Kier alpha value is -3.55. The van der Waals surface area contributed by atoms with Gasteiger partial charge in [-0.15, -0.1) is 5.10 Å². The van der Waals surface area contributed by atoms with E-state index in [0.29, 0.717) is 22.2 Å². The van der Waals surface area contributed by atoms with Crippen molar-refractivity contribution in [3.63, 3.8) is 0 Å². The smallest absolute Gasteiger partial charge is 0.278 e. The minimum absolute atomic E-state index is 0.169. The van der Waals surface area contributed by atoms with Gasteiger partial charge in [0, 0.05) is 25.3 Å². The van der Waals surface area contributed by atoms with Gasteiger partial charge in [0.2, 0.25) is 5.91 Å². The van der Waals surface area contributed by atoms with Crippen molar-refractivity contribution < 1.29 is 9.59 Å². The second-order valence-electron chi connectivity index (χ2n) is 5.90. The SMILES string of the molecule is CN(C)C(=O)c1cccc(NC(=O)Cn2nnc3ccccc3c2=O)c1. The van der Waals surface area contributed by atoms with Crippen LogP contribution < -0.4 is 10.9 Å². The van der Waals surface area contributed by atoms with Crippen LogP contribution in [0.25, 0.3) is 10.9 Å². The van der Waals surface area contributed by atoms with Crippen molar-refractivity contribution in [3.8, 4) is 0 Å². The molecule has 0 unspecified atom stereocenters. The molecule has 0 fully saturated rings. The Morgan fingerprint density at radius 2 is 1.88 bits per heavy atom. The largest absolute Gasteiger partial charge is 0.345 e. The molecule has 1 N–H and O–H groups in total. The van der Waals surface area contributed by atoms with Crippen LogP contribution in [0.15, 0.2) is 53.3 Å². The molecule has 1 aromatic heterocycles. The summed E-state index contributed by atoms with van der Waals surface area (Å²) in [6.07, 6.45) is 0. The van der Waals surface area contributed by atoms with Gasteiger partial charge in [-0.1, -0.05) is 23.4 Å². The third-order valence-corrected chi connectivity index (χ3v) is 3.72. The van der Waals surface area contributed by atoms with Gasteiger partial charge in [0.25, 0.3) is 11.5 Å². The lowest BCUT2D eigenvalue weighted by Crippen LogP contribution is -2.30. The Labute approximate surface area is 149 Å². The first-order valence-electron chi connectivity index (χ1n) is 7.90. The average Bonchev–Trinajstić information content (AvgIpc) is 2.63. The van der Waals surface area contributed by atoms with E-state index in [4.69, 9.17) is 0 Å². The normalized spacial score (nSPS) is 10.5. The number of benzene rings is 2. The van der Waals surface area contributed by atoms with Crippen LogP contribution in [0.1, 0.15) is 10.4 Å². The fraction of sp³-hybridized carbons (Fsp3) is 0.167. The van der Waals surface area contributed by atoms with Gasteiger partial charge >= 0.3 is 0 Å². The Kier molecular flexibility index (Phi) is 4.74. The molecule has 8 heteroatoms. The highest BCUT2D eigenvalue weighted by atomic mass is 16.2. The lowest BCUT2D eigenvalue weighted by Gasteiger charge is -2.12. The first-order chi connectivity index (χ1) is 12.5. The number of nitrogens with zero attached hydrogens (tertiary/aromatic N) is 4. The number of anilines is 1. The summed E-state index contributed by atoms with van der Waals surface area (Å²) in [5.74, 6) is -0.608. The van der Waals surface area contributed by atoms with Crippen molar-refractivity contribution in [2.45, 2.75) is 6.54 Å². The molecule has 0 saturated heterocycles. The number of rotatable bonds is 4. The number of carbonyl (C=O) groups is 2. The summed E-state index contributed by atoms with van der Waals surface area (Å²) in [4.78, 5) is 38.1. The number of hydrogen-bond donors (Lipinski definition) is 1. The van der Waals surface area contributed by atoms with Crippen LogP contribution in [0, 0.1) is 0 Å². The van der Waals surface area contributed by atoms with Gasteiger partial charge in [0.15, 0.2) is 0 Å². The number of fused-ring (bicyclic) bond motifs is 1. The van der Waals surface area contributed by atoms with Gasteiger partial charge in [-0.05, 0) is 30.3 Å². The Morgan fingerprint density at radius 1 is 1.12 bits per heavy atom. The first kappa shape index (κ1) is 17.3. The molecular weight excluding hydrogens is 334 g/mol. The molecule has 0 aliphatic rings. The van der Waals surface area contributed by atoms with Gasteiger partial charge in [0.1, 0.15) is 12.1 Å². The fourth-order valence-electron chi connectivity index (χ4n) is 2.45. The third-order valence-electron chi connectivity index (χ3n) is 3.72. The minimum Gasteiger partial charge on any atom is -0.345 e. The Balaban J connectivity index is 1.78. The molecule has 3 aromatic rings. The fourth-order valence-corrected chi connectivity index (χ4v) is 2.45. The van der Waals surface area contributed by atoms with Crippen LogP contribution in [0.5, 0.6) is 0 Å². The van der Waals surface area contributed by atoms with Crippen molar-refractivity contribution in [3.05, 3.63) is 64.4 Å². The Bertz CT molecular complexity index is 1040. The standard InChI is InChI=1S/C18H17N5O3/c1-22(2)17(25)12-6-5-7-13(10-12)19-16(24)11-23-18(26)14-8-3-4-9-15(14)20-21-23/h3-10H,11H2,1-2H3,(H,19,24). The van der Waals surface area contributed by atoms with Crippen molar-refractivity contribution >= 4 is 28.4 Å². The van der Waals surface area contributed by atoms with Gasteiger partial charge < -0.3 is 10.2 Å². The predicted octanol–water partition coefficient (Wildman–Crippen LogP) is 1.13. The lowest BCUT2D eigenvalue weighted by molar-refractivity contribution is -0.117. The quantitative estimate of drug-likeness (QED) is 0.760. The van der Waals surface area contributed by atoms with E-state index < -0.39 is 5.91 Å². The van der Waals surface area contributed by atoms with Gasteiger partial charge in [-0.3, -0.25) is 14.4 Å². The monoisotopic (exact) mass is 351 g/mol. The topological polar surface area (TPSA) is 97.2 Å². The second kappa shape index (κ2) is 7.14. The van der Waals surface area contributed by atoms with E-state index in [1.165, 1.54) is 4.90 Å². The van der Waals surface area contributed by atoms with E-state index in [9.17, 15) is 14.4 Å². The molecule has 132 valence electrons. The molecule has 0 radical (unpaired) electrons. The van der Waals surface area contributed by atoms with E-state index in [1.807, 2.05) is 0 Å².